The molecule has 11 nitrogen and oxygen atoms in total. The fourth-order valence-corrected chi connectivity index (χ4v) is 5.73. The Morgan fingerprint density at radius 1 is 1.14 bits per heavy atom. The number of carbonyl (C=O) groups excluding carboxylic acids is 3. The first-order valence-electron chi connectivity index (χ1n) is 16.0. The molecular weight excluding hydrogens is 566 g/mol. The summed E-state index contributed by atoms with van der Waals surface area (Å²) in [5, 5.41) is 20.8. The van der Waals surface area contributed by atoms with Gasteiger partial charge in [0.15, 0.2) is 6.10 Å². The number of nitrogens with zero attached hydrogens (tertiary/aromatic N) is 3. The topological polar surface area (TPSA) is 129 Å². The lowest BCUT2D eigenvalue weighted by Gasteiger charge is -2.36. The van der Waals surface area contributed by atoms with Crippen LogP contribution in [0, 0.1) is 11.8 Å². The van der Waals surface area contributed by atoms with Gasteiger partial charge in [0.1, 0.15) is 11.7 Å². The minimum atomic E-state index is -1.29. The summed E-state index contributed by atoms with van der Waals surface area (Å²) in [5.41, 5.74) is -0.466. The molecule has 0 bridgehead atoms. The number of aliphatic hydroxyl groups is 2. The van der Waals surface area contributed by atoms with Crippen LogP contribution in [-0.2, 0) is 19.0 Å². The Labute approximate surface area is 262 Å². The molecular formula is C33H53N3O8. The molecule has 0 unspecified atom stereocenters. The van der Waals surface area contributed by atoms with Gasteiger partial charge in [-0.25, -0.2) is 9.59 Å². The van der Waals surface area contributed by atoms with Gasteiger partial charge in [-0.3, -0.25) is 4.79 Å². The summed E-state index contributed by atoms with van der Waals surface area (Å²) in [6, 6.07) is -0.172. The number of ether oxygens (including phenoxy) is 3. The Kier molecular flexibility index (Phi) is 13.7. The van der Waals surface area contributed by atoms with Gasteiger partial charge in [0, 0.05) is 51.0 Å². The average Bonchev–Trinajstić information content (AvgIpc) is 3.47. The number of carbonyl (C=O) groups is 3. The van der Waals surface area contributed by atoms with Crippen molar-refractivity contribution < 1.29 is 38.8 Å². The third-order valence-corrected chi connectivity index (χ3v) is 8.78. The van der Waals surface area contributed by atoms with Crippen molar-refractivity contribution in [2.24, 2.45) is 11.8 Å². The summed E-state index contributed by atoms with van der Waals surface area (Å²) in [6.07, 6.45) is 10.4. The van der Waals surface area contributed by atoms with Crippen LogP contribution in [0.15, 0.2) is 36.0 Å². The second-order valence-electron chi connectivity index (χ2n) is 12.8. The van der Waals surface area contributed by atoms with Crippen LogP contribution in [-0.4, -0.2) is 120 Å². The van der Waals surface area contributed by atoms with Crippen molar-refractivity contribution in [1.82, 2.24) is 14.7 Å². The molecule has 2 fully saturated rings. The van der Waals surface area contributed by atoms with E-state index in [-0.39, 0.29) is 43.5 Å². The SMILES string of the molecule is C/C(=C\C=C\[C@@H](C)COC(=O)N1CCC[C@H]1CO)[C@H]1OC(=O)CCCC[C@@](C)(O)[C@@H](OC(=O)N2CCN(C)CC2)/C=C\[C@@H]1C. The van der Waals surface area contributed by atoms with E-state index in [0.717, 1.165) is 31.5 Å². The number of likely N-dealkylation sites (N-methyl/N-ethyl adjacent to an activating group) is 1. The van der Waals surface area contributed by atoms with E-state index in [4.69, 9.17) is 14.2 Å². The van der Waals surface area contributed by atoms with Crippen LogP contribution in [0.3, 0.4) is 0 Å². The molecule has 0 saturated carbocycles. The van der Waals surface area contributed by atoms with Gasteiger partial charge in [-0.05, 0) is 64.6 Å². The van der Waals surface area contributed by atoms with Crippen molar-refractivity contribution in [2.45, 2.75) is 90.1 Å². The fourth-order valence-electron chi connectivity index (χ4n) is 5.73. The molecule has 0 aromatic rings. The molecule has 0 spiro atoms. The van der Waals surface area contributed by atoms with E-state index < -0.39 is 30.0 Å². The number of hydrogen-bond acceptors (Lipinski definition) is 9. The Balaban J connectivity index is 1.66. The monoisotopic (exact) mass is 619 g/mol. The number of cyclic esters (lactones) is 1. The minimum Gasteiger partial charge on any atom is -0.457 e. The maximum absolute atomic E-state index is 13.0. The fraction of sp³-hybridized carbons (Fsp3) is 0.727. The number of likely N-dealkylation sites (tertiary alicyclic amines) is 1. The van der Waals surface area contributed by atoms with Crippen molar-refractivity contribution in [2.75, 3.05) is 53.0 Å². The van der Waals surface area contributed by atoms with Crippen LogP contribution in [0.1, 0.15) is 66.2 Å². The molecule has 3 heterocycles. The van der Waals surface area contributed by atoms with Gasteiger partial charge in [0.25, 0.3) is 0 Å². The lowest BCUT2D eigenvalue weighted by molar-refractivity contribution is -0.149. The summed E-state index contributed by atoms with van der Waals surface area (Å²) >= 11 is 0. The highest BCUT2D eigenvalue weighted by atomic mass is 16.6. The third kappa shape index (κ3) is 10.6. The van der Waals surface area contributed by atoms with Crippen LogP contribution in [0.5, 0.6) is 0 Å². The zero-order valence-electron chi connectivity index (χ0n) is 27.2. The van der Waals surface area contributed by atoms with Crippen molar-refractivity contribution in [3.05, 3.63) is 36.0 Å². The third-order valence-electron chi connectivity index (χ3n) is 8.78. The van der Waals surface area contributed by atoms with E-state index in [1.54, 1.807) is 22.8 Å². The summed E-state index contributed by atoms with van der Waals surface area (Å²) in [6.45, 7) is 10.9. The molecule has 0 aromatic carbocycles. The smallest absolute Gasteiger partial charge is 0.410 e. The van der Waals surface area contributed by atoms with Crippen molar-refractivity contribution in [1.29, 1.82) is 0 Å². The van der Waals surface area contributed by atoms with Gasteiger partial charge in [0.05, 0.1) is 19.3 Å². The van der Waals surface area contributed by atoms with Crippen LogP contribution in [0.4, 0.5) is 9.59 Å². The van der Waals surface area contributed by atoms with E-state index in [1.165, 1.54) is 0 Å². The second kappa shape index (κ2) is 17.0. The Morgan fingerprint density at radius 2 is 1.86 bits per heavy atom. The average molecular weight is 620 g/mol. The van der Waals surface area contributed by atoms with E-state index in [0.29, 0.717) is 38.9 Å². The van der Waals surface area contributed by atoms with Gasteiger partial charge in [-0.2, -0.15) is 0 Å². The zero-order chi connectivity index (χ0) is 32.3. The summed E-state index contributed by atoms with van der Waals surface area (Å²) in [7, 11) is 2.02. The highest BCUT2D eigenvalue weighted by Crippen LogP contribution is 2.27. The Hall–Kier alpha value is -2.89. The molecule has 44 heavy (non-hydrogen) atoms. The van der Waals surface area contributed by atoms with Crippen molar-refractivity contribution >= 4 is 18.2 Å². The number of amides is 2. The Morgan fingerprint density at radius 3 is 2.57 bits per heavy atom. The molecule has 3 aliphatic rings. The molecule has 2 saturated heterocycles. The van der Waals surface area contributed by atoms with E-state index in [1.807, 2.05) is 52.1 Å². The Bertz CT molecular complexity index is 1050. The predicted octanol–water partition coefficient (Wildman–Crippen LogP) is 3.90. The zero-order valence-corrected chi connectivity index (χ0v) is 27.2. The largest absolute Gasteiger partial charge is 0.457 e. The van der Waals surface area contributed by atoms with Gasteiger partial charge in [-0.1, -0.05) is 38.2 Å². The molecule has 248 valence electrons. The van der Waals surface area contributed by atoms with Crippen LogP contribution in [0.2, 0.25) is 0 Å². The second-order valence-corrected chi connectivity index (χ2v) is 12.8. The maximum atomic E-state index is 13.0. The van der Waals surface area contributed by atoms with Gasteiger partial charge in [0.2, 0.25) is 0 Å². The predicted molar refractivity (Wildman–Crippen MR) is 167 cm³/mol. The first-order chi connectivity index (χ1) is 20.9. The molecule has 6 atom stereocenters. The highest BCUT2D eigenvalue weighted by Gasteiger charge is 2.36. The first-order valence-corrected chi connectivity index (χ1v) is 16.0. The lowest BCUT2D eigenvalue weighted by Crippen LogP contribution is -2.50. The number of hydrogen-bond donors (Lipinski definition) is 2. The van der Waals surface area contributed by atoms with Gasteiger partial charge >= 0.3 is 18.2 Å². The number of aliphatic hydroxyl groups excluding tert-OH is 1. The van der Waals surface area contributed by atoms with Crippen molar-refractivity contribution in [3.63, 3.8) is 0 Å². The van der Waals surface area contributed by atoms with Crippen LogP contribution < -0.4 is 0 Å². The quantitative estimate of drug-likeness (QED) is 0.189. The van der Waals surface area contributed by atoms with E-state index in [9.17, 15) is 24.6 Å². The summed E-state index contributed by atoms with van der Waals surface area (Å²) in [5.74, 6) is -0.608. The molecule has 0 aliphatic carbocycles. The highest BCUT2D eigenvalue weighted by molar-refractivity contribution is 5.70. The molecule has 2 amide bonds. The van der Waals surface area contributed by atoms with Gasteiger partial charge < -0.3 is 39.1 Å². The summed E-state index contributed by atoms with van der Waals surface area (Å²) < 4.78 is 17.3. The minimum absolute atomic E-state index is 0.0488. The number of allylic oxidation sites excluding steroid dienone is 2. The van der Waals surface area contributed by atoms with E-state index >= 15 is 0 Å². The molecule has 0 aromatic heterocycles. The molecule has 0 radical (unpaired) electrons. The maximum Gasteiger partial charge on any atom is 0.410 e. The number of piperazine rings is 1. The van der Waals surface area contributed by atoms with E-state index in [2.05, 4.69) is 4.90 Å². The first kappa shape index (κ1) is 35.6. The van der Waals surface area contributed by atoms with Gasteiger partial charge in [-0.15, -0.1) is 0 Å². The summed E-state index contributed by atoms with van der Waals surface area (Å²) in [4.78, 5) is 43.5. The lowest BCUT2D eigenvalue weighted by atomic mass is 9.89. The van der Waals surface area contributed by atoms with Crippen LogP contribution >= 0.6 is 0 Å². The molecule has 2 N–H and O–H groups in total. The number of rotatable bonds is 7. The van der Waals surface area contributed by atoms with Crippen molar-refractivity contribution in [3.8, 4) is 0 Å². The molecule has 3 aliphatic heterocycles. The standard InChI is InChI=1S/C33H53N3O8/c1-24(23-42-32(40)36-17-9-12-27(36)22-37)10-8-11-25(2)30-26(3)14-15-28(33(4,41)16-7-6-13-29(38)44-30)43-31(39)35-20-18-34(5)19-21-35/h8,10-11,14-15,24,26-28,30,37,41H,6-7,9,12-13,16-23H2,1-5H3/b10-8+,15-14-,25-11+/t24-,26+,27+,28+,30-,33-/m1/s1. The molecule has 11 heteroatoms. The molecule has 3 rings (SSSR count). The normalized spacial score (nSPS) is 31.2. The van der Waals surface area contributed by atoms with Crippen LogP contribution in [0.25, 0.3) is 0 Å². The number of esters is 1.